The number of morpholine rings is 1. The van der Waals surface area contributed by atoms with Crippen molar-refractivity contribution in [1.82, 2.24) is 14.1 Å². The zero-order chi connectivity index (χ0) is 21.3. The second-order valence-electron chi connectivity index (χ2n) is 7.35. The molecule has 0 bridgehead atoms. The molecule has 1 fully saturated rings. The van der Waals surface area contributed by atoms with Crippen LogP contribution in [0, 0.1) is 0 Å². The minimum atomic E-state index is -0.662. The van der Waals surface area contributed by atoms with E-state index in [0.717, 1.165) is 23.9 Å². The van der Waals surface area contributed by atoms with Crippen LogP contribution in [-0.2, 0) is 23.8 Å². The maximum absolute atomic E-state index is 12.0. The quantitative estimate of drug-likeness (QED) is 0.447. The Morgan fingerprint density at radius 1 is 1.24 bits per heavy atom. The van der Waals surface area contributed by atoms with Crippen molar-refractivity contribution in [2.24, 2.45) is 0 Å². The first-order valence-electron chi connectivity index (χ1n) is 9.28. The molecule has 1 aliphatic rings. The summed E-state index contributed by atoms with van der Waals surface area (Å²) in [5.74, 6) is -0.229. The summed E-state index contributed by atoms with van der Waals surface area (Å²) >= 11 is 1.06. The Kier molecular flexibility index (Phi) is 8.80. The van der Waals surface area contributed by atoms with Gasteiger partial charge in [-0.15, -0.1) is 4.37 Å². The molecule has 162 valence electrons. The molecule has 10 nitrogen and oxygen atoms in total. The number of anilines is 1. The average molecular weight is 429 g/mol. The summed E-state index contributed by atoms with van der Waals surface area (Å²) in [5.41, 5.74) is -0.173. The highest BCUT2D eigenvalue weighted by molar-refractivity contribution is 6.99. The molecule has 0 unspecified atom stereocenters. The number of hydrogen-bond acceptors (Lipinski definition) is 11. The summed E-state index contributed by atoms with van der Waals surface area (Å²) in [4.78, 5) is 25.2. The van der Waals surface area contributed by atoms with Crippen LogP contribution in [0.1, 0.15) is 20.8 Å². The molecular weight excluding hydrogens is 400 g/mol. The number of carbonyl (C=O) groups is 2. The van der Waals surface area contributed by atoms with E-state index in [-0.39, 0.29) is 12.1 Å². The van der Waals surface area contributed by atoms with Crippen molar-refractivity contribution in [2.45, 2.75) is 32.4 Å². The monoisotopic (exact) mass is 428 g/mol. The van der Waals surface area contributed by atoms with Crippen LogP contribution in [0.3, 0.4) is 0 Å². The van der Waals surface area contributed by atoms with Crippen LogP contribution in [0.2, 0.25) is 0 Å². The summed E-state index contributed by atoms with van der Waals surface area (Å²) < 4.78 is 29.6. The fourth-order valence-corrected chi connectivity index (χ4v) is 2.89. The van der Waals surface area contributed by atoms with Crippen LogP contribution < -0.4 is 15.0 Å². The Hall–Kier alpha value is -2.24. The van der Waals surface area contributed by atoms with E-state index in [9.17, 15) is 9.59 Å². The fraction of sp³-hybridized carbons (Fsp3) is 0.667. The predicted molar refractivity (Wildman–Crippen MR) is 107 cm³/mol. The van der Waals surface area contributed by atoms with E-state index in [0.29, 0.717) is 44.5 Å². The lowest BCUT2D eigenvalue weighted by atomic mass is 10.1. The van der Waals surface area contributed by atoms with Crippen molar-refractivity contribution in [3.63, 3.8) is 0 Å². The van der Waals surface area contributed by atoms with Gasteiger partial charge < -0.3 is 29.2 Å². The van der Waals surface area contributed by atoms with E-state index in [4.69, 9.17) is 14.2 Å². The Labute approximate surface area is 174 Å². The third-order valence-electron chi connectivity index (χ3n) is 3.86. The van der Waals surface area contributed by atoms with Gasteiger partial charge in [-0.1, -0.05) is 0 Å². The Morgan fingerprint density at radius 2 is 1.93 bits per heavy atom. The van der Waals surface area contributed by atoms with Crippen LogP contribution in [0.4, 0.5) is 5.82 Å². The molecule has 1 aromatic rings. The molecule has 0 aliphatic carbocycles. The summed E-state index contributed by atoms with van der Waals surface area (Å²) in [6.45, 7) is 9.14. The number of aromatic nitrogens is 2. The lowest BCUT2D eigenvalue weighted by molar-refractivity contribution is -0.145. The molecule has 0 radical (unpaired) electrons. The van der Waals surface area contributed by atoms with E-state index in [1.54, 1.807) is 0 Å². The summed E-state index contributed by atoms with van der Waals surface area (Å²) in [6, 6.07) is 0. The van der Waals surface area contributed by atoms with Crippen molar-refractivity contribution in [3.8, 4) is 5.88 Å². The van der Waals surface area contributed by atoms with Gasteiger partial charge in [0.1, 0.15) is 12.7 Å². The van der Waals surface area contributed by atoms with Crippen molar-refractivity contribution in [2.75, 3.05) is 51.5 Å². The van der Waals surface area contributed by atoms with E-state index in [1.807, 2.05) is 20.8 Å². The van der Waals surface area contributed by atoms with Gasteiger partial charge in [-0.2, -0.15) is 4.37 Å². The molecule has 0 spiro atoms. The van der Waals surface area contributed by atoms with Crippen molar-refractivity contribution >= 4 is 29.5 Å². The molecule has 1 saturated heterocycles. The first-order valence-corrected chi connectivity index (χ1v) is 10.0. The molecule has 1 atom stereocenters. The third kappa shape index (κ3) is 8.34. The topological polar surface area (TPSA) is 112 Å². The Balaban J connectivity index is 1.98. The maximum atomic E-state index is 12.0. The molecule has 29 heavy (non-hydrogen) atoms. The van der Waals surface area contributed by atoms with Crippen LogP contribution in [-0.4, -0.2) is 78.9 Å². The van der Waals surface area contributed by atoms with Crippen molar-refractivity contribution in [1.29, 1.82) is 0 Å². The molecular formula is C18H28N4O6S. The minimum absolute atomic E-state index is 0.0869. The number of carbonyl (C=O) groups excluding carboxylic acids is 2. The highest BCUT2D eigenvalue weighted by atomic mass is 32.1. The normalized spacial score (nSPS) is 15.9. The minimum Gasteiger partial charge on any atom is -0.470 e. The highest BCUT2D eigenvalue weighted by Crippen LogP contribution is 2.26. The molecule has 0 saturated carbocycles. The zero-order valence-corrected chi connectivity index (χ0v) is 18.0. The van der Waals surface area contributed by atoms with Crippen LogP contribution >= 0.6 is 11.7 Å². The molecule has 0 aromatic carbocycles. The standard InChI is InChI=1S/C18H28N4O6S/c1-18(2,3)19-11-13(28-15(24)6-5-14(23)25-4)12-27-17-16(20-29-21-17)22-7-9-26-10-8-22/h5-6,13,19H,7-12H2,1-4H3/b6-5+/t13-/m0/s1. The van der Waals surface area contributed by atoms with Gasteiger partial charge in [-0.3, -0.25) is 0 Å². The number of hydrogen-bond donors (Lipinski definition) is 1. The van der Waals surface area contributed by atoms with Gasteiger partial charge in [0.25, 0.3) is 5.88 Å². The van der Waals surface area contributed by atoms with Crippen LogP contribution in [0.5, 0.6) is 5.88 Å². The van der Waals surface area contributed by atoms with Gasteiger partial charge in [0.05, 0.1) is 32.1 Å². The molecule has 1 N–H and O–H groups in total. The van der Waals surface area contributed by atoms with Gasteiger partial charge in [-0.05, 0) is 20.8 Å². The Bertz CT molecular complexity index is 697. The van der Waals surface area contributed by atoms with E-state index < -0.39 is 18.0 Å². The van der Waals surface area contributed by atoms with Crippen LogP contribution in [0.25, 0.3) is 0 Å². The summed E-state index contributed by atoms with van der Waals surface area (Å²) in [6.07, 6.45) is 1.45. The van der Waals surface area contributed by atoms with Gasteiger partial charge >= 0.3 is 11.9 Å². The van der Waals surface area contributed by atoms with E-state index >= 15 is 0 Å². The fourth-order valence-electron chi connectivity index (χ4n) is 2.37. The number of esters is 2. The molecule has 2 heterocycles. The molecule has 1 aromatic heterocycles. The SMILES string of the molecule is COC(=O)/C=C/C(=O)O[C@@H](CNC(C)(C)C)COc1nsnc1N1CCOCC1. The van der Waals surface area contributed by atoms with Gasteiger partial charge in [0, 0.05) is 37.3 Å². The average Bonchev–Trinajstić information content (AvgIpc) is 3.16. The summed E-state index contributed by atoms with van der Waals surface area (Å²) in [5, 5.41) is 3.28. The smallest absolute Gasteiger partial charge is 0.331 e. The molecule has 1 aliphatic heterocycles. The number of rotatable bonds is 9. The third-order valence-corrected chi connectivity index (χ3v) is 4.36. The maximum Gasteiger partial charge on any atom is 0.331 e. The second kappa shape index (κ2) is 11.1. The Morgan fingerprint density at radius 3 is 2.59 bits per heavy atom. The first kappa shape index (κ1) is 23.0. The van der Waals surface area contributed by atoms with Gasteiger partial charge in [0.2, 0.25) is 5.82 Å². The predicted octanol–water partition coefficient (Wildman–Crippen LogP) is 0.783. The number of nitrogens with one attached hydrogen (secondary N) is 1. The lowest BCUT2D eigenvalue weighted by Gasteiger charge is -2.27. The van der Waals surface area contributed by atoms with E-state index in [2.05, 4.69) is 23.7 Å². The van der Waals surface area contributed by atoms with Gasteiger partial charge in [0.15, 0.2) is 0 Å². The number of nitrogens with zero attached hydrogens (tertiary/aromatic N) is 3. The van der Waals surface area contributed by atoms with Crippen LogP contribution in [0.15, 0.2) is 12.2 Å². The largest absolute Gasteiger partial charge is 0.470 e. The number of ether oxygens (including phenoxy) is 4. The zero-order valence-electron chi connectivity index (χ0n) is 17.2. The number of methoxy groups -OCH3 is 1. The first-order chi connectivity index (χ1) is 13.8. The molecule has 11 heteroatoms. The van der Waals surface area contributed by atoms with Crippen molar-refractivity contribution < 1.29 is 28.5 Å². The van der Waals surface area contributed by atoms with Gasteiger partial charge in [-0.25, -0.2) is 9.59 Å². The summed E-state index contributed by atoms with van der Waals surface area (Å²) in [7, 11) is 1.23. The van der Waals surface area contributed by atoms with Crippen molar-refractivity contribution in [3.05, 3.63) is 12.2 Å². The molecule has 2 rings (SSSR count). The second-order valence-corrected chi connectivity index (χ2v) is 7.88. The molecule has 0 amide bonds. The van der Waals surface area contributed by atoms with E-state index in [1.165, 1.54) is 7.11 Å². The highest BCUT2D eigenvalue weighted by Gasteiger charge is 2.23. The lowest BCUT2D eigenvalue weighted by Crippen LogP contribution is -2.44.